The Hall–Kier alpha value is -4.44. The van der Waals surface area contributed by atoms with Crippen LogP contribution in [0.4, 0.5) is 5.82 Å². The second-order valence-electron chi connectivity index (χ2n) is 7.42. The highest BCUT2D eigenvalue weighted by atomic mass is 17.3. The van der Waals surface area contributed by atoms with Crippen molar-refractivity contribution in [3.05, 3.63) is 78.2 Å². The number of carboxylic acids is 1. The number of aromatic nitrogens is 5. The van der Waals surface area contributed by atoms with Crippen LogP contribution < -0.4 is 9.89 Å². The fraction of sp³-hybridized carbons (Fsp3) is 0.130. The molecule has 0 atom stereocenters. The van der Waals surface area contributed by atoms with Crippen molar-refractivity contribution in [2.45, 2.75) is 6.54 Å². The van der Waals surface area contributed by atoms with E-state index in [1.165, 1.54) is 18.0 Å². The van der Waals surface area contributed by atoms with E-state index in [9.17, 15) is 9.90 Å². The van der Waals surface area contributed by atoms with E-state index >= 15 is 0 Å². The second kappa shape index (κ2) is 8.24. The molecule has 5 rings (SSSR count). The summed E-state index contributed by atoms with van der Waals surface area (Å²) in [4.78, 5) is 32.9. The van der Waals surface area contributed by atoms with Crippen LogP contribution in [0.1, 0.15) is 15.9 Å². The minimum absolute atomic E-state index is 0.0150. The first-order valence-electron chi connectivity index (χ1n) is 10.1. The molecule has 166 valence electrons. The molecule has 0 saturated heterocycles. The van der Waals surface area contributed by atoms with Gasteiger partial charge in [-0.15, -0.1) is 4.73 Å². The van der Waals surface area contributed by atoms with Crippen LogP contribution >= 0.6 is 0 Å². The Balaban J connectivity index is 1.71. The molecule has 5 aromatic rings. The summed E-state index contributed by atoms with van der Waals surface area (Å²) in [5, 5.41) is 14.8. The lowest BCUT2D eigenvalue weighted by Gasteiger charge is -2.21. The predicted octanol–water partition coefficient (Wildman–Crippen LogP) is 3.07. The third-order valence-electron chi connectivity index (χ3n) is 5.30. The molecule has 0 fully saturated rings. The molecular weight excluding hydrogens is 424 g/mol. The number of hydrogen-bond donors (Lipinski definition) is 1. The van der Waals surface area contributed by atoms with Crippen LogP contribution in [-0.4, -0.2) is 49.5 Å². The van der Waals surface area contributed by atoms with Gasteiger partial charge in [-0.1, -0.05) is 30.3 Å². The number of fused-ring (bicyclic) bond motifs is 2. The van der Waals surface area contributed by atoms with Gasteiger partial charge in [0.15, 0.2) is 11.3 Å². The monoisotopic (exact) mass is 444 g/mol. The highest BCUT2D eigenvalue weighted by Crippen LogP contribution is 2.31. The van der Waals surface area contributed by atoms with E-state index in [1.54, 1.807) is 16.9 Å². The molecule has 0 aliphatic rings. The molecule has 0 unspecified atom stereocenters. The van der Waals surface area contributed by atoms with E-state index in [2.05, 4.69) is 15.1 Å². The van der Waals surface area contributed by atoms with Crippen molar-refractivity contribution in [3.63, 3.8) is 0 Å². The summed E-state index contributed by atoms with van der Waals surface area (Å²) in [7, 11) is 3.33. The number of benzene rings is 1. The first-order chi connectivity index (χ1) is 16.1. The largest absolute Gasteiger partial charge is 0.477 e. The zero-order valence-electron chi connectivity index (χ0n) is 17.9. The number of anilines is 1. The Bertz CT molecular complexity index is 1460. The fourth-order valence-corrected chi connectivity index (χ4v) is 3.82. The molecule has 0 radical (unpaired) electrons. The molecule has 0 amide bonds. The molecule has 4 aromatic heterocycles. The molecule has 0 saturated carbocycles. The van der Waals surface area contributed by atoms with Gasteiger partial charge in [0.25, 0.3) is 0 Å². The van der Waals surface area contributed by atoms with Gasteiger partial charge in [0.2, 0.25) is 0 Å². The quantitative estimate of drug-likeness (QED) is 0.302. The van der Waals surface area contributed by atoms with Crippen LogP contribution in [0.3, 0.4) is 0 Å². The number of nitrogens with zero attached hydrogens (tertiary/aromatic N) is 6. The summed E-state index contributed by atoms with van der Waals surface area (Å²) >= 11 is 0. The lowest BCUT2D eigenvalue weighted by molar-refractivity contribution is -0.268. The van der Waals surface area contributed by atoms with Crippen molar-refractivity contribution in [2.75, 3.05) is 19.1 Å². The Morgan fingerprint density at radius 1 is 1.15 bits per heavy atom. The van der Waals surface area contributed by atoms with Gasteiger partial charge in [0.05, 0.1) is 25.2 Å². The molecule has 1 N–H and O–H groups in total. The molecule has 0 aliphatic heterocycles. The van der Waals surface area contributed by atoms with Crippen molar-refractivity contribution in [2.24, 2.45) is 0 Å². The van der Waals surface area contributed by atoms with Gasteiger partial charge in [0, 0.05) is 36.8 Å². The molecule has 0 spiro atoms. The normalized spacial score (nSPS) is 11.2. The Morgan fingerprint density at radius 2 is 1.97 bits per heavy atom. The maximum atomic E-state index is 11.8. The average molecular weight is 444 g/mol. The first kappa shape index (κ1) is 20.5. The van der Waals surface area contributed by atoms with E-state index < -0.39 is 5.97 Å². The highest BCUT2D eigenvalue weighted by molar-refractivity contribution is 5.97. The number of pyridine rings is 1. The standard InChI is InChI=1S/C23H20N6O4/c1-27(13-15-7-4-3-5-8-15)20-11-19(26-22-17(23(30)31)12-25-29(20)22)18-14-28(33-32-2)21-16(18)9-6-10-24-21/h3-12,14H,13H2,1-2H3,(H,30,31). The van der Waals surface area contributed by atoms with Gasteiger partial charge >= 0.3 is 5.97 Å². The van der Waals surface area contributed by atoms with E-state index in [1.807, 2.05) is 60.5 Å². The minimum Gasteiger partial charge on any atom is -0.477 e. The predicted molar refractivity (Wildman–Crippen MR) is 121 cm³/mol. The maximum Gasteiger partial charge on any atom is 0.341 e. The van der Waals surface area contributed by atoms with Crippen LogP contribution in [0.15, 0.2) is 67.1 Å². The lowest BCUT2D eigenvalue weighted by Crippen LogP contribution is -2.20. The fourth-order valence-electron chi connectivity index (χ4n) is 3.82. The molecule has 10 nitrogen and oxygen atoms in total. The van der Waals surface area contributed by atoms with Gasteiger partial charge in [-0.3, -0.25) is 0 Å². The summed E-state index contributed by atoms with van der Waals surface area (Å²) in [6.45, 7) is 0.595. The number of carbonyl (C=O) groups is 1. The molecule has 4 heterocycles. The third kappa shape index (κ3) is 3.62. The van der Waals surface area contributed by atoms with Gasteiger partial charge in [0.1, 0.15) is 11.4 Å². The van der Waals surface area contributed by atoms with E-state index in [4.69, 9.17) is 9.88 Å². The molecule has 1 aromatic carbocycles. The van der Waals surface area contributed by atoms with Gasteiger partial charge in [-0.25, -0.2) is 19.8 Å². The zero-order chi connectivity index (χ0) is 22.9. The van der Waals surface area contributed by atoms with Crippen molar-refractivity contribution in [3.8, 4) is 11.3 Å². The molecule has 33 heavy (non-hydrogen) atoms. The minimum atomic E-state index is -1.10. The van der Waals surface area contributed by atoms with Crippen LogP contribution in [0, 0.1) is 0 Å². The van der Waals surface area contributed by atoms with Crippen molar-refractivity contribution >= 4 is 28.5 Å². The van der Waals surface area contributed by atoms with Crippen LogP contribution in [0.25, 0.3) is 27.9 Å². The van der Waals surface area contributed by atoms with Crippen molar-refractivity contribution < 1.29 is 19.8 Å². The summed E-state index contributed by atoms with van der Waals surface area (Å²) in [6.07, 6.45) is 4.67. The highest BCUT2D eigenvalue weighted by Gasteiger charge is 2.21. The Morgan fingerprint density at radius 3 is 2.73 bits per heavy atom. The first-order valence-corrected chi connectivity index (χ1v) is 10.1. The van der Waals surface area contributed by atoms with Gasteiger partial charge < -0.3 is 10.0 Å². The molecule has 0 aliphatic carbocycles. The molecular formula is C23H20N6O4. The summed E-state index contributed by atoms with van der Waals surface area (Å²) in [5.74, 6) is -0.415. The van der Waals surface area contributed by atoms with Gasteiger partial charge in [-0.2, -0.15) is 14.5 Å². The maximum absolute atomic E-state index is 11.8. The number of aromatic carboxylic acids is 1. The molecule has 10 heteroatoms. The number of hydrogen-bond acceptors (Lipinski definition) is 7. The number of carboxylic acid groups (broad SMARTS) is 1. The molecule has 0 bridgehead atoms. The van der Waals surface area contributed by atoms with Crippen molar-refractivity contribution in [1.82, 2.24) is 24.3 Å². The Kier molecular flexibility index (Phi) is 5.11. The van der Waals surface area contributed by atoms with Crippen LogP contribution in [-0.2, 0) is 11.4 Å². The zero-order valence-corrected chi connectivity index (χ0v) is 17.9. The van der Waals surface area contributed by atoms with Crippen LogP contribution in [0.5, 0.6) is 0 Å². The van der Waals surface area contributed by atoms with E-state index in [0.717, 1.165) is 10.9 Å². The summed E-state index contributed by atoms with van der Waals surface area (Å²) in [6, 6.07) is 15.5. The van der Waals surface area contributed by atoms with E-state index in [-0.39, 0.29) is 11.2 Å². The van der Waals surface area contributed by atoms with E-state index in [0.29, 0.717) is 29.3 Å². The Labute approximate surface area is 188 Å². The summed E-state index contributed by atoms with van der Waals surface area (Å²) in [5.41, 5.74) is 3.17. The van der Waals surface area contributed by atoms with Gasteiger partial charge in [-0.05, 0) is 17.7 Å². The van der Waals surface area contributed by atoms with Crippen molar-refractivity contribution in [1.29, 1.82) is 0 Å². The smallest absolute Gasteiger partial charge is 0.341 e. The second-order valence-corrected chi connectivity index (χ2v) is 7.42. The SMILES string of the molecule is COOn1cc(-c2cc(N(C)Cc3ccccc3)n3ncc(C(=O)O)c3n2)c2cccnc21. The number of rotatable bonds is 7. The van der Waals surface area contributed by atoms with Crippen LogP contribution in [0.2, 0.25) is 0 Å². The summed E-state index contributed by atoms with van der Waals surface area (Å²) < 4.78 is 2.94. The average Bonchev–Trinajstić information content (AvgIpc) is 3.41. The third-order valence-corrected chi connectivity index (χ3v) is 5.30. The topological polar surface area (TPSA) is 107 Å². The lowest BCUT2D eigenvalue weighted by atomic mass is 10.1.